The fraction of sp³-hybridized carbons (Fsp3) is 0.429. The molecule has 1 aliphatic heterocycles. The van der Waals surface area contributed by atoms with E-state index in [1.165, 1.54) is 0 Å². The van der Waals surface area contributed by atoms with Crippen molar-refractivity contribution in [1.82, 2.24) is 15.0 Å². The molecule has 1 fully saturated rings. The number of halogens is 1. The van der Waals surface area contributed by atoms with E-state index >= 15 is 0 Å². The maximum absolute atomic E-state index is 5.85. The highest BCUT2D eigenvalue weighted by Gasteiger charge is 2.18. The van der Waals surface area contributed by atoms with Crippen LogP contribution in [0.15, 0.2) is 28.8 Å². The summed E-state index contributed by atoms with van der Waals surface area (Å²) in [4.78, 5) is 8.87. The lowest BCUT2D eigenvalue weighted by molar-refractivity contribution is 0.308. The Morgan fingerprint density at radius 2 is 1.90 bits per heavy atom. The molecule has 3 rings (SSSR count). The van der Waals surface area contributed by atoms with Gasteiger partial charge < -0.3 is 19.6 Å². The van der Waals surface area contributed by atoms with Gasteiger partial charge in [-0.2, -0.15) is 4.98 Å². The van der Waals surface area contributed by atoms with Gasteiger partial charge in [0.25, 0.3) is 5.95 Å². The van der Waals surface area contributed by atoms with Crippen LogP contribution >= 0.6 is 11.6 Å². The third kappa shape index (κ3) is 3.65. The van der Waals surface area contributed by atoms with Gasteiger partial charge in [-0.05, 0) is 36.5 Å². The van der Waals surface area contributed by atoms with Gasteiger partial charge in [-0.15, -0.1) is 0 Å². The Morgan fingerprint density at radius 1 is 1.19 bits per heavy atom. The topological polar surface area (TPSA) is 57.4 Å². The molecule has 2 heterocycles. The van der Waals surface area contributed by atoms with Crippen molar-refractivity contribution in [2.24, 2.45) is 0 Å². The smallest absolute Gasteiger partial charge is 0.266 e. The van der Waals surface area contributed by atoms with Crippen molar-refractivity contribution in [3.8, 4) is 0 Å². The van der Waals surface area contributed by atoms with Crippen LogP contribution in [0.3, 0.4) is 0 Å². The first-order chi connectivity index (χ1) is 10.2. The van der Waals surface area contributed by atoms with Gasteiger partial charge in [0.05, 0.1) is 6.54 Å². The molecular weight excluding hydrogens is 290 g/mol. The van der Waals surface area contributed by atoms with E-state index in [1.807, 2.05) is 24.3 Å². The number of nitrogens with zero attached hydrogens (tertiary/aromatic N) is 4. The van der Waals surface area contributed by atoms with Crippen LogP contribution < -0.4 is 10.2 Å². The zero-order valence-corrected chi connectivity index (χ0v) is 12.7. The quantitative estimate of drug-likeness (QED) is 0.933. The number of piperazine rings is 1. The Hall–Kier alpha value is -1.79. The SMILES string of the molecule is CN1CCN(c2noc(CNc3ccc(Cl)cc3)n2)CC1. The summed E-state index contributed by atoms with van der Waals surface area (Å²) >= 11 is 5.85. The summed E-state index contributed by atoms with van der Waals surface area (Å²) in [6, 6.07) is 7.51. The predicted octanol–water partition coefficient (Wildman–Crippen LogP) is 2.09. The molecule has 0 amide bonds. The van der Waals surface area contributed by atoms with Crippen LogP contribution in [0.4, 0.5) is 11.6 Å². The van der Waals surface area contributed by atoms with Gasteiger partial charge in [-0.25, -0.2) is 0 Å². The molecule has 1 saturated heterocycles. The van der Waals surface area contributed by atoms with Crippen LogP contribution in [0.1, 0.15) is 5.89 Å². The van der Waals surface area contributed by atoms with Crippen LogP contribution in [0, 0.1) is 0 Å². The van der Waals surface area contributed by atoms with Gasteiger partial charge in [0.15, 0.2) is 0 Å². The Labute approximate surface area is 128 Å². The zero-order chi connectivity index (χ0) is 14.7. The number of nitrogens with one attached hydrogen (secondary N) is 1. The second kappa shape index (κ2) is 6.32. The molecule has 0 bridgehead atoms. The molecule has 0 saturated carbocycles. The molecule has 1 aromatic heterocycles. The number of benzene rings is 1. The molecule has 1 aromatic carbocycles. The summed E-state index contributed by atoms with van der Waals surface area (Å²) in [5.74, 6) is 1.26. The molecular formula is C14H18ClN5O. The van der Waals surface area contributed by atoms with Crippen molar-refractivity contribution in [2.45, 2.75) is 6.54 Å². The first-order valence-corrected chi connectivity index (χ1v) is 7.34. The maximum Gasteiger partial charge on any atom is 0.266 e. The first-order valence-electron chi connectivity index (χ1n) is 6.96. The predicted molar refractivity (Wildman–Crippen MR) is 82.8 cm³/mol. The van der Waals surface area contributed by atoms with E-state index in [9.17, 15) is 0 Å². The number of likely N-dealkylation sites (N-methyl/N-ethyl adjacent to an activating group) is 1. The number of aromatic nitrogens is 2. The van der Waals surface area contributed by atoms with Gasteiger partial charge in [-0.3, -0.25) is 0 Å². The minimum atomic E-state index is 0.502. The lowest BCUT2D eigenvalue weighted by atomic mass is 10.3. The van der Waals surface area contributed by atoms with Crippen molar-refractivity contribution in [3.05, 3.63) is 35.2 Å². The number of anilines is 2. The van der Waals surface area contributed by atoms with Crippen LogP contribution in [0.25, 0.3) is 0 Å². The molecule has 112 valence electrons. The van der Waals surface area contributed by atoms with Crippen molar-refractivity contribution >= 4 is 23.2 Å². The average Bonchev–Trinajstić information content (AvgIpc) is 2.96. The van der Waals surface area contributed by atoms with Crippen molar-refractivity contribution in [2.75, 3.05) is 43.4 Å². The van der Waals surface area contributed by atoms with Crippen molar-refractivity contribution < 1.29 is 4.52 Å². The molecule has 0 atom stereocenters. The molecule has 1 aliphatic rings. The van der Waals surface area contributed by atoms with Crippen LogP contribution in [-0.4, -0.2) is 48.3 Å². The van der Waals surface area contributed by atoms with E-state index in [4.69, 9.17) is 16.1 Å². The highest BCUT2D eigenvalue weighted by atomic mass is 35.5. The Balaban J connectivity index is 1.56. The molecule has 0 spiro atoms. The standard InChI is InChI=1S/C14H18ClN5O/c1-19-6-8-20(9-7-19)14-17-13(21-18-14)10-16-12-4-2-11(15)3-5-12/h2-5,16H,6-10H2,1H3. The van der Waals surface area contributed by atoms with E-state index in [2.05, 4.69) is 32.3 Å². The van der Waals surface area contributed by atoms with Crippen molar-refractivity contribution in [1.29, 1.82) is 0 Å². The number of hydrogen-bond donors (Lipinski definition) is 1. The Bertz CT molecular complexity index is 577. The molecule has 0 unspecified atom stereocenters. The summed E-state index contributed by atoms with van der Waals surface area (Å²) in [5.41, 5.74) is 0.971. The van der Waals surface area contributed by atoms with Gasteiger partial charge in [-0.1, -0.05) is 11.6 Å². The van der Waals surface area contributed by atoms with Gasteiger partial charge in [0.2, 0.25) is 5.89 Å². The summed E-state index contributed by atoms with van der Waals surface area (Å²) in [5, 5.41) is 8.00. The highest BCUT2D eigenvalue weighted by Crippen LogP contribution is 2.15. The maximum atomic E-state index is 5.85. The second-order valence-corrected chi connectivity index (χ2v) is 5.58. The lowest BCUT2D eigenvalue weighted by Gasteiger charge is -2.31. The molecule has 1 N–H and O–H groups in total. The van der Waals surface area contributed by atoms with Crippen LogP contribution in [-0.2, 0) is 6.54 Å². The van der Waals surface area contributed by atoms with E-state index in [0.717, 1.165) is 36.9 Å². The largest absolute Gasteiger partial charge is 0.376 e. The summed E-state index contributed by atoms with van der Waals surface area (Å²) < 4.78 is 5.29. The zero-order valence-electron chi connectivity index (χ0n) is 11.9. The fourth-order valence-electron chi connectivity index (χ4n) is 2.20. The fourth-order valence-corrected chi connectivity index (χ4v) is 2.32. The van der Waals surface area contributed by atoms with E-state index in [0.29, 0.717) is 18.4 Å². The summed E-state index contributed by atoms with van der Waals surface area (Å²) in [7, 11) is 2.12. The van der Waals surface area contributed by atoms with Crippen LogP contribution in [0.5, 0.6) is 0 Å². The minimum absolute atomic E-state index is 0.502. The normalized spacial score (nSPS) is 16.2. The van der Waals surface area contributed by atoms with Gasteiger partial charge in [0.1, 0.15) is 0 Å². The molecule has 0 radical (unpaired) electrons. The summed E-state index contributed by atoms with van der Waals surface area (Å²) in [6.07, 6.45) is 0. The monoisotopic (exact) mass is 307 g/mol. The minimum Gasteiger partial charge on any atom is -0.376 e. The molecule has 7 heteroatoms. The third-order valence-corrected chi connectivity index (χ3v) is 3.78. The van der Waals surface area contributed by atoms with Crippen LogP contribution in [0.2, 0.25) is 5.02 Å². The van der Waals surface area contributed by atoms with Crippen molar-refractivity contribution in [3.63, 3.8) is 0 Å². The van der Waals surface area contributed by atoms with Gasteiger partial charge in [0, 0.05) is 36.9 Å². The molecule has 0 aliphatic carbocycles. The number of rotatable bonds is 4. The third-order valence-electron chi connectivity index (χ3n) is 3.53. The lowest BCUT2D eigenvalue weighted by Crippen LogP contribution is -2.44. The van der Waals surface area contributed by atoms with E-state index < -0.39 is 0 Å². The highest BCUT2D eigenvalue weighted by molar-refractivity contribution is 6.30. The first kappa shape index (κ1) is 14.2. The van der Waals surface area contributed by atoms with E-state index in [1.54, 1.807) is 0 Å². The Morgan fingerprint density at radius 3 is 2.62 bits per heavy atom. The second-order valence-electron chi connectivity index (χ2n) is 5.14. The molecule has 2 aromatic rings. The average molecular weight is 308 g/mol. The van der Waals surface area contributed by atoms with Gasteiger partial charge >= 0.3 is 0 Å². The molecule has 6 nitrogen and oxygen atoms in total. The molecule has 21 heavy (non-hydrogen) atoms. The number of hydrogen-bond acceptors (Lipinski definition) is 6. The summed E-state index contributed by atoms with van der Waals surface area (Å²) in [6.45, 7) is 4.41. The van der Waals surface area contributed by atoms with E-state index in [-0.39, 0.29) is 0 Å². The Kier molecular flexibility index (Phi) is 4.26.